The summed E-state index contributed by atoms with van der Waals surface area (Å²) >= 11 is 5.80. The van der Waals surface area contributed by atoms with E-state index in [1.807, 2.05) is 13.8 Å². The molecule has 1 aliphatic carbocycles. The second-order valence-corrected chi connectivity index (χ2v) is 5.75. The molecular weight excluding hydrogens is 286 g/mol. The van der Waals surface area contributed by atoms with E-state index < -0.39 is 22.3 Å². The van der Waals surface area contributed by atoms with Gasteiger partial charge in [-0.05, 0) is 6.42 Å². The Morgan fingerprint density at radius 3 is 2.80 bits per heavy atom. The highest BCUT2D eigenvalue weighted by atomic mass is 35.5. The molecule has 2 atom stereocenters. The molecule has 1 aliphatic rings. The van der Waals surface area contributed by atoms with E-state index in [9.17, 15) is 20.0 Å². The standard InChI is InChI=1S/C12H14ClN3O4/c1-12(2)8(4-9(12)17)15-11(18)7-3-6(16(19)20)5-14-10(7)13/h3,5,8-9,17H,4H2,1-2H3,(H,15,18). The lowest BCUT2D eigenvalue weighted by atomic mass is 9.64. The summed E-state index contributed by atoms with van der Waals surface area (Å²) in [5, 5.41) is 22.9. The molecule has 108 valence electrons. The minimum atomic E-state index is -0.642. The Balaban J connectivity index is 2.18. The van der Waals surface area contributed by atoms with E-state index >= 15 is 0 Å². The van der Waals surface area contributed by atoms with Crippen LogP contribution in [-0.4, -0.2) is 33.1 Å². The Bertz CT molecular complexity index is 576. The SMILES string of the molecule is CC1(C)C(O)CC1NC(=O)c1cc([N+](=O)[O-])cnc1Cl. The van der Waals surface area contributed by atoms with Crippen molar-refractivity contribution in [2.24, 2.45) is 5.41 Å². The Morgan fingerprint density at radius 2 is 2.30 bits per heavy atom. The maximum absolute atomic E-state index is 12.1. The number of aliphatic hydroxyl groups excluding tert-OH is 1. The molecule has 1 amide bonds. The Morgan fingerprint density at radius 1 is 1.65 bits per heavy atom. The predicted molar refractivity (Wildman–Crippen MR) is 71.6 cm³/mol. The highest BCUT2D eigenvalue weighted by Crippen LogP contribution is 2.40. The molecule has 0 aliphatic heterocycles. The van der Waals surface area contributed by atoms with Gasteiger partial charge in [0.2, 0.25) is 0 Å². The van der Waals surface area contributed by atoms with Crippen molar-refractivity contribution in [1.29, 1.82) is 0 Å². The Hall–Kier alpha value is -1.73. The van der Waals surface area contributed by atoms with Gasteiger partial charge in [0.05, 0.1) is 16.6 Å². The van der Waals surface area contributed by atoms with Crippen molar-refractivity contribution >= 4 is 23.2 Å². The number of nitro groups is 1. The van der Waals surface area contributed by atoms with Gasteiger partial charge in [0.25, 0.3) is 11.6 Å². The van der Waals surface area contributed by atoms with Crippen LogP contribution in [0.2, 0.25) is 5.15 Å². The maximum Gasteiger partial charge on any atom is 0.288 e. The third-order valence-corrected chi connectivity index (χ3v) is 4.10. The van der Waals surface area contributed by atoms with Crippen molar-refractivity contribution in [2.75, 3.05) is 0 Å². The first kappa shape index (κ1) is 14.7. The number of halogens is 1. The zero-order valence-corrected chi connectivity index (χ0v) is 11.7. The van der Waals surface area contributed by atoms with Crippen molar-refractivity contribution in [3.63, 3.8) is 0 Å². The summed E-state index contributed by atoms with van der Waals surface area (Å²) in [7, 11) is 0. The minimum Gasteiger partial charge on any atom is -0.392 e. The van der Waals surface area contributed by atoms with Crippen LogP contribution < -0.4 is 5.32 Å². The third kappa shape index (κ3) is 2.46. The van der Waals surface area contributed by atoms with Crippen LogP contribution in [0.4, 0.5) is 5.69 Å². The molecule has 0 aromatic carbocycles. The molecule has 1 aromatic heterocycles. The average Bonchev–Trinajstić information content (AvgIpc) is 2.38. The van der Waals surface area contributed by atoms with Crippen LogP contribution in [0, 0.1) is 15.5 Å². The molecule has 2 unspecified atom stereocenters. The maximum atomic E-state index is 12.1. The normalized spacial score (nSPS) is 23.8. The molecule has 2 N–H and O–H groups in total. The fraction of sp³-hybridized carbons (Fsp3) is 0.500. The quantitative estimate of drug-likeness (QED) is 0.500. The van der Waals surface area contributed by atoms with Gasteiger partial charge >= 0.3 is 0 Å². The van der Waals surface area contributed by atoms with Gasteiger partial charge < -0.3 is 10.4 Å². The summed E-state index contributed by atoms with van der Waals surface area (Å²) in [4.78, 5) is 25.8. The lowest BCUT2D eigenvalue weighted by molar-refractivity contribution is -0.385. The van der Waals surface area contributed by atoms with Gasteiger partial charge in [0.15, 0.2) is 0 Å². The zero-order chi connectivity index (χ0) is 15.1. The van der Waals surface area contributed by atoms with Gasteiger partial charge in [-0.25, -0.2) is 4.98 Å². The fourth-order valence-corrected chi connectivity index (χ4v) is 2.27. The molecule has 0 saturated heterocycles. The van der Waals surface area contributed by atoms with Crippen LogP contribution in [0.25, 0.3) is 0 Å². The van der Waals surface area contributed by atoms with Crippen LogP contribution in [0.3, 0.4) is 0 Å². The van der Waals surface area contributed by atoms with Gasteiger partial charge in [-0.3, -0.25) is 14.9 Å². The van der Waals surface area contributed by atoms with Crippen LogP contribution >= 0.6 is 11.6 Å². The van der Waals surface area contributed by atoms with Crippen molar-refractivity contribution in [3.8, 4) is 0 Å². The number of aromatic nitrogens is 1. The van der Waals surface area contributed by atoms with E-state index in [0.29, 0.717) is 6.42 Å². The summed E-state index contributed by atoms with van der Waals surface area (Å²) < 4.78 is 0. The first-order chi connectivity index (χ1) is 9.23. The summed E-state index contributed by atoms with van der Waals surface area (Å²) in [6.45, 7) is 3.67. The van der Waals surface area contributed by atoms with Crippen molar-refractivity contribution in [1.82, 2.24) is 10.3 Å². The number of hydrogen-bond donors (Lipinski definition) is 2. The van der Waals surface area contributed by atoms with Gasteiger partial charge in [-0.1, -0.05) is 25.4 Å². The molecule has 1 heterocycles. The van der Waals surface area contributed by atoms with E-state index in [1.165, 1.54) is 0 Å². The predicted octanol–water partition coefficient (Wildman–Crippen LogP) is 1.53. The molecular formula is C12H14ClN3O4. The van der Waals surface area contributed by atoms with Gasteiger partial charge in [-0.15, -0.1) is 0 Å². The van der Waals surface area contributed by atoms with Gasteiger partial charge in [0, 0.05) is 17.5 Å². The number of rotatable bonds is 3. The fourth-order valence-electron chi connectivity index (χ4n) is 2.08. The lowest BCUT2D eigenvalue weighted by Gasteiger charge is -2.49. The van der Waals surface area contributed by atoms with Crippen LogP contribution in [0.15, 0.2) is 12.3 Å². The van der Waals surface area contributed by atoms with E-state index in [-0.39, 0.29) is 22.4 Å². The van der Waals surface area contributed by atoms with Gasteiger partial charge in [0.1, 0.15) is 11.3 Å². The molecule has 0 radical (unpaired) electrons. The monoisotopic (exact) mass is 299 g/mol. The van der Waals surface area contributed by atoms with Crippen LogP contribution in [0.1, 0.15) is 30.6 Å². The first-order valence-corrected chi connectivity index (χ1v) is 6.40. The number of pyridine rings is 1. The molecule has 0 bridgehead atoms. The second kappa shape index (κ2) is 4.99. The summed E-state index contributed by atoms with van der Waals surface area (Å²) in [5.74, 6) is -0.531. The molecule has 2 rings (SSSR count). The third-order valence-electron chi connectivity index (χ3n) is 3.80. The smallest absolute Gasteiger partial charge is 0.288 e. The summed E-state index contributed by atoms with van der Waals surface area (Å²) in [6, 6.07) is 0.882. The number of nitrogens with zero attached hydrogens (tertiary/aromatic N) is 2. The Kier molecular flexibility index (Phi) is 3.66. The summed E-state index contributed by atoms with van der Waals surface area (Å²) in [6.07, 6.45) is 0.959. The van der Waals surface area contributed by atoms with Crippen molar-refractivity contribution in [2.45, 2.75) is 32.4 Å². The highest BCUT2D eigenvalue weighted by Gasteiger charge is 2.48. The number of hydrogen-bond acceptors (Lipinski definition) is 5. The molecule has 1 aromatic rings. The molecule has 0 spiro atoms. The van der Waals surface area contributed by atoms with E-state index in [4.69, 9.17) is 11.6 Å². The van der Waals surface area contributed by atoms with Crippen LogP contribution in [0.5, 0.6) is 0 Å². The number of carbonyl (C=O) groups excluding carboxylic acids is 1. The van der Waals surface area contributed by atoms with Crippen molar-refractivity contribution < 1.29 is 14.8 Å². The van der Waals surface area contributed by atoms with Crippen molar-refractivity contribution in [3.05, 3.63) is 33.1 Å². The van der Waals surface area contributed by atoms with E-state index in [0.717, 1.165) is 12.3 Å². The number of nitrogens with one attached hydrogen (secondary N) is 1. The van der Waals surface area contributed by atoms with E-state index in [2.05, 4.69) is 10.3 Å². The minimum absolute atomic E-state index is 0.0435. The Labute approximate surface area is 120 Å². The molecule has 7 nitrogen and oxygen atoms in total. The highest BCUT2D eigenvalue weighted by molar-refractivity contribution is 6.32. The van der Waals surface area contributed by atoms with Crippen LogP contribution in [-0.2, 0) is 0 Å². The van der Waals surface area contributed by atoms with E-state index in [1.54, 1.807) is 0 Å². The number of amides is 1. The molecule has 1 fully saturated rings. The largest absolute Gasteiger partial charge is 0.392 e. The topological polar surface area (TPSA) is 105 Å². The average molecular weight is 300 g/mol. The first-order valence-electron chi connectivity index (χ1n) is 6.02. The molecule has 1 saturated carbocycles. The molecule has 20 heavy (non-hydrogen) atoms. The molecule has 8 heteroatoms. The second-order valence-electron chi connectivity index (χ2n) is 5.39. The summed E-state index contributed by atoms with van der Waals surface area (Å²) in [5.41, 5.74) is -0.776. The van der Waals surface area contributed by atoms with Gasteiger partial charge in [-0.2, -0.15) is 0 Å². The number of carbonyl (C=O) groups is 1. The zero-order valence-electron chi connectivity index (χ0n) is 11.0. The number of aliphatic hydroxyl groups is 1. The lowest BCUT2D eigenvalue weighted by Crippen LogP contribution is -2.61.